The van der Waals surface area contributed by atoms with Crippen molar-refractivity contribution in [3.05, 3.63) is 54.2 Å². The van der Waals surface area contributed by atoms with Gasteiger partial charge >= 0.3 is 0 Å². The average Bonchev–Trinajstić information content (AvgIpc) is 3.07. The number of nitrogen functional groups attached to an aromatic ring is 1. The van der Waals surface area contributed by atoms with Gasteiger partial charge in [-0.15, -0.1) is 0 Å². The Kier molecular flexibility index (Phi) is 3.60. The van der Waals surface area contributed by atoms with Crippen LogP contribution in [0.2, 0.25) is 0 Å². The lowest BCUT2D eigenvalue weighted by Crippen LogP contribution is -2.49. The summed E-state index contributed by atoms with van der Waals surface area (Å²) in [5, 5.41) is 0. The zero-order valence-corrected chi connectivity index (χ0v) is 14.5. The molecule has 1 aromatic heterocycles. The van der Waals surface area contributed by atoms with Gasteiger partial charge in [0.2, 0.25) is 5.88 Å². The number of hydrogen-bond acceptors (Lipinski definition) is 7. The summed E-state index contributed by atoms with van der Waals surface area (Å²) in [5.41, 5.74) is 9.09. The number of fused-ring (bicyclic) bond motifs is 3. The second-order valence-electron chi connectivity index (χ2n) is 6.63. The number of hydrogen-bond donors (Lipinski definition) is 1. The minimum atomic E-state index is 0.533. The van der Waals surface area contributed by atoms with Crippen LogP contribution in [0, 0.1) is 0 Å². The van der Waals surface area contributed by atoms with E-state index in [2.05, 4.69) is 25.8 Å². The minimum absolute atomic E-state index is 0.533. The standard InChI is InChI=1S/C19H21N5O2/c20-18-6-5-14(11-21-18)23-12-16(22-7-9-25-10-8-22)19-24(13-23)15-3-1-2-4-17(15)26-19/h1-6,11H,7-10,12-13H2,(H2,20,21). The highest BCUT2D eigenvalue weighted by Crippen LogP contribution is 2.42. The van der Waals surface area contributed by atoms with Crippen LogP contribution in [-0.2, 0) is 4.74 Å². The summed E-state index contributed by atoms with van der Waals surface area (Å²) in [6, 6.07) is 12.0. The molecule has 7 heteroatoms. The number of benzene rings is 1. The highest BCUT2D eigenvalue weighted by molar-refractivity contribution is 5.69. The van der Waals surface area contributed by atoms with Gasteiger partial charge < -0.3 is 25.0 Å². The van der Waals surface area contributed by atoms with Gasteiger partial charge in [-0.1, -0.05) is 12.1 Å². The number of anilines is 3. The number of pyridine rings is 1. The Bertz CT molecular complexity index is 845. The van der Waals surface area contributed by atoms with Gasteiger partial charge in [-0.25, -0.2) is 4.98 Å². The Morgan fingerprint density at radius 3 is 2.65 bits per heavy atom. The largest absolute Gasteiger partial charge is 0.437 e. The molecular weight excluding hydrogens is 330 g/mol. The van der Waals surface area contributed by atoms with Crippen molar-refractivity contribution in [3.63, 3.8) is 0 Å². The molecule has 5 rings (SSSR count). The fourth-order valence-corrected chi connectivity index (χ4v) is 3.69. The van der Waals surface area contributed by atoms with Gasteiger partial charge in [0, 0.05) is 13.1 Å². The van der Waals surface area contributed by atoms with Crippen LogP contribution in [0.3, 0.4) is 0 Å². The van der Waals surface area contributed by atoms with Crippen LogP contribution in [-0.4, -0.2) is 49.4 Å². The summed E-state index contributed by atoms with van der Waals surface area (Å²) in [4.78, 5) is 11.2. The van der Waals surface area contributed by atoms with E-state index in [9.17, 15) is 0 Å². The van der Waals surface area contributed by atoms with Gasteiger partial charge in [0.05, 0.1) is 49.7 Å². The van der Waals surface area contributed by atoms with E-state index >= 15 is 0 Å². The fraction of sp³-hybridized carbons (Fsp3) is 0.316. The molecular formula is C19H21N5O2. The first-order valence-electron chi connectivity index (χ1n) is 8.86. The lowest BCUT2D eigenvalue weighted by atomic mass is 10.2. The van der Waals surface area contributed by atoms with Crippen LogP contribution in [0.5, 0.6) is 5.75 Å². The molecule has 0 bridgehead atoms. The predicted octanol–water partition coefficient (Wildman–Crippen LogP) is 1.84. The van der Waals surface area contributed by atoms with E-state index in [1.54, 1.807) is 0 Å². The Labute approximate surface area is 152 Å². The minimum Gasteiger partial charge on any atom is -0.437 e. The summed E-state index contributed by atoms with van der Waals surface area (Å²) >= 11 is 0. The second-order valence-corrected chi connectivity index (χ2v) is 6.63. The average molecular weight is 351 g/mol. The van der Waals surface area contributed by atoms with E-state index in [0.717, 1.165) is 55.9 Å². The quantitative estimate of drug-likeness (QED) is 0.885. The number of ether oxygens (including phenoxy) is 2. The number of morpholine rings is 1. The van der Waals surface area contributed by atoms with Gasteiger partial charge in [-0.05, 0) is 24.3 Å². The third-order valence-electron chi connectivity index (χ3n) is 5.04. The van der Waals surface area contributed by atoms with Crippen LogP contribution in [0.4, 0.5) is 17.2 Å². The molecule has 134 valence electrons. The zero-order chi connectivity index (χ0) is 17.5. The van der Waals surface area contributed by atoms with Crippen molar-refractivity contribution in [1.29, 1.82) is 0 Å². The molecule has 1 aromatic carbocycles. The summed E-state index contributed by atoms with van der Waals surface area (Å²) in [6.45, 7) is 4.72. The first kappa shape index (κ1) is 15.3. The van der Waals surface area contributed by atoms with E-state index < -0.39 is 0 Å². The molecule has 0 unspecified atom stereocenters. The molecule has 0 saturated carbocycles. The molecule has 2 aromatic rings. The highest BCUT2D eigenvalue weighted by Gasteiger charge is 2.37. The van der Waals surface area contributed by atoms with E-state index in [4.69, 9.17) is 15.2 Å². The summed E-state index contributed by atoms with van der Waals surface area (Å²) in [7, 11) is 0. The maximum atomic E-state index is 6.24. The molecule has 4 heterocycles. The molecule has 0 radical (unpaired) electrons. The van der Waals surface area contributed by atoms with Gasteiger partial charge in [0.15, 0.2) is 5.75 Å². The molecule has 3 aliphatic heterocycles. The van der Waals surface area contributed by atoms with Gasteiger partial charge in [0.1, 0.15) is 5.82 Å². The lowest BCUT2D eigenvalue weighted by Gasteiger charge is -2.41. The number of nitrogens with zero attached hydrogens (tertiary/aromatic N) is 4. The summed E-state index contributed by atoms with van der Waals surface area (Å²) in [6.07, 6.45) is 1.83. The molecule has 3 aliphatic rings. The van der Waals surface area contributed by atoms with Crippen molar-refractivity contribution in [1.82, 2.24) is 9.88 Å². The molecule has 1 fully saturated rings. The molecule has 0 aliphatic carbocycles. The van der Waals surface area contributed by atoms with Crippen LogP contribution in [0.1, 0.15) is 0 Å². The molecule has 7 nitrogen and oxygen atoms in total. The number of rotatable bonds is 2. The second kappa shape index (κ2) is 6.10. The summed E-state index contributed by atoms with van der Waals surface area (Å²) in [5.74, 6) is 2.38. The maximum absolute atomic E-state index is 6.24. The van der Waals surface area contributed by atoms with Crippen LogP contribution in [0.25, 0.3) is 0 Å². The van der Waals surface area contributed by atoms with Crippen molar-refractivity contribution in [2.75, 3.05) is 55.1 Å². The van der Waals surface area contributed by atoms with Crippen molar-refractivity contribution in [2.45, 2.75) is 0 Å². The Morgan fingerprint density at radius 1 is 1.00 bits per heavy atom. The molecule has 0 atom stereocenters. The zero-order valence-electron chi connectivity index (χ0n) is 14.5. The van der Waals surface area contributed by atoms with E-state index in [1.807, 2.05) is 36.5 Å². The Hall–Kier alpha value is -2.93. The SMILES string of the molecule is Nc1ccc(N2CC(N3CCOCC3)=C3Oc4ccccc4N3C2)cn1. The van der Waals surface area contributed by atoms with Crippen molar-refractivity contribution < 1.29 is 9.47 Å². The molecule has 0 spiro atoms. The first-order valence-corrected chi connectivity index (χ1v) is 8.86. The predicted molar refractivity (Wildman–Crippen MR) is 99.8 cm³/mol. The van der Waals surface area contributed by atoms with Gasteiger partial charge in [-0.3, -0.25) is 4.90 Å². The van der Waals surface area contributed by atoms with Gasteiger partial charge in [-0.2, -0.15) is 0 Å². The van der Waals surface area contributed by atoms with Crippen LogP contribution < -0.4 is 20.3 Å². The molecule has 2 N–H and O–H groups in total. The highest BCUT2D eigenvalue weighted by atomic mass is 16.5. The number of nitrogens with two attached hydrogens (primary N) is 1. The van der Waals surface area contributed by atoms with Crippen molar-refractivity contribution in [3.8, 4) is 5.75 Å². The number of aromatic nitrogens is 1. The fourth-order valence-electron chi connectivity index (χ4n) is 3.69. The monoisotopic (exact) mass is 351 g/mol. The van der Waals surface area contributed by atoms with E-state index in [-0.39, 0.29) is 0 Å². The lowest BCUT2D eigenvalue weighted by molar-refractivity contribution is 0.0505. The molecule has 26 heavy (non-hydrogen) atoms. The molecule has 1 saturated heterocycles. The topological polar surface area (TPSA) is 67.1 Å². The maximum Gasteiger partial charge on any atom is 0.223 e. The van der Waals surface area contributed by atoms with Gasteiger partial charge in [0.25, 0.3) is 0 Å². The van der Waals surface area contributed by atoms with E-state index in [0.29, 0.717) is 12.5 Å². The normalized spacial score (nSPS) is 19.3. The van der Waals surface area contributed by atoms with E-state index in [1.165, 1.54) is 5.70 Å². The van der Waals surface area contributed by atoms with Crippen molar-refractivity contribution >= 4 is 17.2 Å². The Morgan fingerprint density at radius 2 is 1.85 bits per heavy atom. The third-order valence-corrected chi connectivity index (χ3v) is 5.04. The van der Waals surface area contributed by atoms with Crippen molar-refractivity contribution in [2.24, 2.45) is 0 Å². The smallest absolute Gasteiger partial charge is 0.223 e. The molecule has 0 amide bonds. The third kappa shape index (κ3) is 2.52. The summed E-state index contributed by atoms with van der Waals surface area (Å²) < 4.78 is 11.8. The van der Waals surface area contributed by atoms with Crippen LogP contribution in [0.15, 0.2) is 54.2 Å². The van der Waals surface area contributed by atoms with Crippen LogP contribution >= 0.6 is 0 Å². The first-order chi connectivity index (χ1) is 12.8. The number of para-hydroxylation sites is 2. The Balaban J connectivity index is 1.55.